The third-order valence-corrected chi connectivity index (χ3v) is 3.94. The summed E-state index contributed by atoms with van der Waals surface area (Å²) >= 11 is 0. The number of esters is 4. The van der Waals surface area contributed by atoms with Crippen LogP contribution in [0.4, 0.5) is 0 Å². The summed E-state index contributed by atoms with van der Waals surface area (Å²) in [5.74, 6) is -2.30. The third kappa shape index (κ3) is 6.73. The van der Waals surface area contributed by atoms with E-state index in [2.05, 4.69) is 0 Å². The molecule has 5 atom stereocenters. The third-order valence-electron chi connectivity index (χ3n) is 3.94. The minimum Gasteiger partial charge on any atom is -0.463 e. The molecule has 1 heterocycles. The highest BCUT2D eigenvalue weighted by Gasteiger charge is 2.53. The molecule has 0 bridgehead atoms. The number of ether oxygens (including phenoxy) is 6. The normalized spacial score (nSPS) is 25.5. The summed E-state index contributed by atoms with van der Waals surface area (Å²) in [6.07, 6.45) is -6.04. The fourth-order valence-corrected chi connectivity index (χ4v) is 2.92. The van der Waals surface area contributed by atoms with Gasteiger partial charge in [0, 0.05) is 27.7 Å². The Kier molecular flexibility index (Phi) is 8.16. The molecule has 0 amide bonds. The van der Waals surface area contributed by atoms with Crippen molar-refractivity contribution in [2.45, 2.75) is 58.4 Å². The van der Waals surface area contributed by atoms with Crippen molar-refractivity contribution < 1.29 is 47.6 Å². The van der Waals surface area contributed by atoms with Crippen molar-refractivity contribution in [2.24, 2.45) is 0 Å². The van der Waals surface area contributed by atoms with Crippen LogP contribution >= 0.6 is 0 Å². The van der Waals surface area contributed by atoms with Gasteiger partial charge in [-0.2, -0.15) is 0 Å². The Hall–Kier alpha value is -3.14. The van der Waals surface area contributed by atoms with Gasteiger partial charge in [0.15, 0.2) is 12.2 Å². The van der Waals surface area contributed by atoms with Gasteiger partial charge in [-0.15, -0.1) is 0 Å². The van der Waals surface area contributed by atoms with Crippen molar-refractivity contribution in [3.05, 3.63) is 30.3 Å². The van der Waals surface area contributed by atoms with E-state index in [0.29, 0.717) is 5.75 Å². The number of rotatable bonds is 7. The molecule has 0 aromatic heterocycles. The average molecular weight is 424 g/mol. The van der Waals surface area contributed by atoms with Crippen LogP contribution < -0.4 is 4.74 Å². The molecule has 2 rings (SSSR count). The van der Waals surface area contributed by atoms with Gasteiger partial charge >= 0.3 is 23.9 Å². The summed E-state index contributed by atoms with van der Waals surface area (Å²) in [6.45, 7) is 4.36. The Morgan fingerprint density at radius 1 is 0.767 bits per heavy atom. The van der Waals surface area contributed by atoms with Gasteiger partial charge in [0.25, 0.3) is 0 Å². The fourth-order valence-electron chi connectivity index (χ4n) is 2.92. The predicted octanol–water partition coefficient (Wildman–Crippen LogP) is 1.15. The van der Waals surface area contributed by atoms with Gasteiger partial charge in [0.1, 0.15) is 18.5 Å². The summed E-state index contributed by atoms with van der Waals surface area (Å²) in [4.78, 5) is 46.4. The van der Waals surface area contributed by atoms with E-state index in [4.69, 9.17) is 28.4 Å². The average Bonchev–Trinajstić information content (AvgIpc) is 2.64. The molecule has 1 aliphatic heterocycles. The smallest absolute Gasteiger partial charge is 0.303 e. The lowest BCUT2D eigenvalue weighted by molar-refractivity contribution is -0.288. The van der Waals surface area contributed by atoms with Crippen LogP contribution in [-0.2, 0) is 42.9 Å². The second-order valence-electron chi connectivity index (χ2n) is 6.50. The minimum absolute atomic E-state index is 0.313. The van der Waals surface area contributed by atoms with Crippen molar-refractivity contribution >= 4 is 23.9 Å². The van der Waals surface area contributed by atoms with Crippen LogP contribution in [-0.4, -0.2) is 61.2 Å². The van der Waals surface area contributed by atoms with E-state index in [1.54, 1.807) is 30.3 Å². The molecule has 0 N–H and O–H groups in total. The maximum atomic E-state index is 11.7. The topological polar surface area (TPSA) is 124 Å². The molecular formula is C20H24O10. The molecule has 0 radical (unpaired) electrons. The number of para-hydroxylation sites is 1. The molecule has 1 aliphatic rings. The second kappa shape index (κ2) is 10.6. The first-order valence-corrected chi connectivity index (χ1v) is 9.19. The van der Waals surface area contributed by atoms with Gasteiger partial charge < -0.3 is 28.4 Å². The Morgan fingerprint density at radius 3 is 1.83 bits per heavy atom. The maximum Gasteiger partial charge on any atom is 0.303 e. The zero-order valence-corrected chi connectivity index (χ0v) is 17.1. The van der Waals surface area contributed by atoms with Crippen LogP contribution in [0.5, 0.6) is 5.75 Å². The molecule has 1 aromatic rings. The first kappa shape index (κ1) is 23.1. The van der Waals surface area contributed by atoms with E-state index in [1.807, 2.05) is 0 Å². The highest BCUT2D eigenvalue weighted by molar-refractivity contribution is 5.68. The van der Waals surface area contributed by atoms with Crippen molar-refractivity contribution in [2.75, 3.05) is 6.61 Å². The molecule has 164 valence electrons. The minimum atomic E-state index is -1.27. The quantitative estimate of drug-likeness (QED) is 0.465. The van der Waals surface area contributed by atoms with Crippen LogP contribution in [0.3, 0.4) is 0 Å². The predicted molar refractivity (Wildman–Crippen MR) is 99.0 cm³/mol. The summed E-state index contributed by atoms with van der Waals surface area (Å²) in [5, 5.41) is 0. The van der Waals surface area contributed by atoms with Crippen LogP contribution in [0, 0.1) is 0 Å². The summed E-state index contributed by atoms with van der Waals surface area (Å²) in [5.41, 5.74) is 0. The van der Waals surface area contributed by atoms with E-state index in [1.165, 1.54) is 6.92 Å². The second-order valence-corrected chi connectivity index (χ2v) is 6.50. The first-order valence-electron chi connectivity index (χ1n) is 9.19. The van der Waals surface area contributed by atoms with Crippen molar-refractivity contribution in [3.8, 4) is 5.75 Å². The molecular weight excluding hydrogens is 400 g/mol. The number of benzene rings is 1. The Labute approximate surface area is 173 Å². The van der Waals surface area contributed by atoms with Crippen molar-refractivity contribution in [1.82, 2.24) is 0 Å². The van der Waals surface area contributed by atoms with Crippen LogP contribution in [0.1, 0.15) is 27.7 Å². The largest absolute Gasteiger partial charge is 0.463 e. The van der Waals surface area contributed by atoms with Crippen LogP contribution in [0.25, 0.3) is 0 Å². The van der Waals surface area contributed by atoms with Gasteiger partial charge in [-0.05, 0) is 12.1 Å². The molecule has 10 heteroatoms. The number of carbonyl (C=O) groups excluding carboxylic acids is 4. The lowest BCUT2D eigenvalue weighted by Crippen LogP contribution is -2.63. The number of hydrogen-bond acceptors (Lipinski definition) is 10. The van der Waals surface area contributed by atoms with Gasteiger partial charge in [-0.1, -0.05) is 18.2 Å². The molecule has 0 saturated carbocycles. The molecule has 30 heavy (non-hydrogen) atoms. The van der Waals surface area contributed by atoms with E-state index in [9.17, 15) is 19.2 Å². The molecule has 1 saturated heterocycles. The van der Waals surface area contributed by atoms with Crippen LogP contribution in [0.2, 0.25) is 0 Å². The van der Waals surface area contributed by atoms with E-state index in [0.717, 1.165) is 20.8 Å². The molecule has 0 spiro atoms. The van der Waals surface area contributed by atoms with E-state index < -0.39 is 54.6 Å². The summed E-state index contributed by atoms with van der Waals surface area (Å²) in [7, 11) is 0. The zero-order valence-electron chi connectivity index (χ0n) is 17.1. The van der Waals surface area contributed by atoms with Gasteiger partial charge in [0.05, 0.1) is 0 Å². The lowest BCUT2D eigenvalue weighted by Gasteiger charge is -2.43. The van der Waals surface area contributed by atoms with Gasteiger partial charge in [-0.25, -0.2) is 0 Å². The molecule has 0 unspecified atom stereocenters. The highest BCUT2D eigenvalue weighted by Crippen LogP contribution is 2.30. The maximum absolute atomic E-state index is 11.7. The van der Waals surface area contributed by atoms with Crippen molar-refractivity contribution in [1.29, 1.82) is 0 Å². The molecule has 1 aromatic carbocycles. The summed E-state index contributed by atoms with van der Waals surface area (Å²) in [6, 6.07) is 8.52. The Morgan fingerprint density at radius 2 is 1.30 bits per heavy atom. The monoisotopic (exact) mass is 424 g/mol. The zero-order chi connectivity index (χ0) is 22.3. The molecule has 0 aliphatic carbocycles. The number of carbonyl (C=O) groups is 4. The van der Waals surface area contributed by atoms with Crippen molar-refractivity contribution in [3.63, 3.8) is 0 Å². The summed E-state index contributed by atoms with van der Waals surface area (Å²) < 4.78 is 32.6. The SMILES string of the molecule is CC(=O)OC[C@H]1O[C@H](Oc2ccccc2)[C@@H](OC(C)=O)[C@@H](OC(C)=O)[C@@H]1OC(C)=O. The Balaban J connectivity index is 2.42. The van der Waals surface area contributed by atoms with E-state index >= 15 is 0 Å². The molecule has 1 fully saturated rings. The lowest BCUT2D eigenvalue weighted by atomic mass is 9.98. The van der Waals surface area contributed by atoms with Gasteiger partial charge in [-0.3, -0.25) is 19.2 Å². The number of hydrogen-bond donors (Lipinski definition) is 0. The van der Waals surface area contributed by atoms with E-state index in [-0.39, 0.29) is 6.61 Å². The first-order chi connectivity index (χ1) is 14.2. The standard InChI is InChI=1S/C20H24O10/c1-11(21)25-10-16-17(26-12(2)22)18(27-13(3)23)19(28-14(4)24)20(30-16)29-15-8-6-5-7-9-15/h5-9,16-20H,10H2,1-4H3/t16-,17-,18+,19+,20+/m1/s1. The Bertz CT molecular complexity index is 762. The fraction of sp³-hybridized carbons (Fsp3) is 0.500. The highest BCUT2D eigenvalue weighted by atomic mass is 16.7. The van der Waals surface area contributed by atoms with Gasteiger partial charge in [0.2, 0.25) is 12.4 Å². The molecule has 10 nitrogen and oxygen atoms in total. The van der Waals surface area contributed by atoms with Crippen LogP contribution in [0.15, 0.2) is 30.3 Å².